The van der Waals surface area contributed by atoms with Crippen molar-refractivity contribution in [3.8, 4) is 0 Å². The number of hydrogen-bond acceptors (Lipinski definition) is 3. The Bertz CT molecular complexity index is 546. The molecule has 0 heterocycles. The Balaban J connectivity index is 2.98. The zero-order valence-electron chi connectivity index (χ0n) is 10.9. The molecule has 0 radical (unpaired) electrons. The van der Waals surface area contributed by atoms with Crippen molar-refractivity contribution in [3.05, 3.63) is 30.1 Å². The van der Waals surface area contributed by atoms with Crippen molar-refractivity contribution in [2.24, 2.45) is 0 Å². The van der Waals surface area contributed by atoms with Gasteiger partial charge in [0.05, 0.1) is 11.9 Å². The molecular formula is C12H17FN2O3S. The van der Waals surface area contributed by atoms with Gasteiger partial charge in [0.25, 0.3) is 0 Å². The zero-order chi connectivity index (χ0) is 14.5. The summed E-state index contributed by atoms with van der Waals surface area (Å²) < 4.78 is 37.7. The lowest BCUT2D eigenvalue weighted by atomic mass is 10.3. The van der Waals surface area contributed by atoms with Gasteiger partial charge in [0, 0.05) is 6.54 Å². The molecule has 0 fully saturated rings. The van der Waals surface area contributed by atoms with Gasteiger partial charge in [-0.3, -0.25) is 9.10 Å². The number of nitrogens with one attached hydrogen (secondary N) is 1. The Morgan fingerprint density at radius 3 is 2.53 bits per heavy atom. The predicted octanol–water partition coefficient (Wildman–Crippen LogP) is 1.12. The summed E-state index contributed by atoms with van der Waals surface area (Å²) in [6.07, 6.45) is 1.68. The van der Waals surface area contributed by atoms with Crippen molar-refractivity contribution < 1.29 is 17.6 Å². The molecule has 7 heteroatoms. The van der Waals surface area contributed by atoms with E-state index in [9.17, 15) is 17.6 Å². The Morgan fingerprint density at radius 2 is 2.00 bits per heavy atom. The van der Waals surface area contributed by atoms with Crippen LogP contribution in [0.25, 0.3) is 0 Å². The minimum atomic E-state index is -3.73. The fourth-order valence-electron chi connectivity index (χ4n) is 1.49. The highest BCUT2D eigenvalue weighted by Gasteiger charge is 2.22. The molecule has 0 bridgehead atoms. The molecule has 0 unspecified atom stereocenters. The number of carbonyl (C=O) groups excluding carboxylic acids is 1. The maximum atomic E-state index is 13.6. The van der Waals surface area contributed by atoms with E-state index in [2.05, 4.69) is 5.32 Å². The van der Waals surface area contributed by atoms with E-state index < -0.39 is 28.3 Å². The van der Waals surface area contributed by atoms with Crippen molar-refractivity contribution in [2.75, 3.05) is 23.7 Å². The van der Waals surface area contributed by atoms with Crippen molar-refractivity contribution in [1.29, 1.82) is 0 Å². The molecular weight excluding hydrogens is 271 g/mol. The second-order valence-electron chi connectivity index (χ2n) is 4.07. The van der Waals surface area contributed by atoms with Crippen LogP contribution in [0.2, 0.25) is 0 Å². The molecule has 0 aliphatic heterocycles. The van der Waals surface area contributed by atoms with Crippen LogP contribution in [0, 0.1) is 5.82 Å². The number of carbonyl (C=O) groups is 1. The van der Waals surface area contributed by atoms with Crippen LogP contribution < -0.4 is 9.62 Å². The number of amides is 1. The number of rotatable bonds is 6. The molecule has 1 rings (SSSR count). The van der Waals surface area contributed by atoms with E-state index in [1.54, 1.807) is 0 Å². The summed E-state index contributed by atoms with van der Waals surface area (Å²) in [5.41, 5.74) is -0.128. The summed E-state index contributed by atoms with van der Waals surface area (Å²) in [6.45, 7) is 1.90. The standard InChI is InChI=1S/C12H17FN2O3S/c1-3-8-14-12(16)9-15(19(2,17)18)11-7-5-4-6-10(11)13/h4-7H,3,8-9H2,1-2H3,(H,14,16). The topological polar surface area (TPSA) is 66.5 Å². The Kier molecular flexibility index (Phi) is 5.29. The molecule has 19 heavy (non-hydrogen) atoms. The molecule has 1 amide bonds. The number of sulfonamides is 1. The normalized spacial score (nSPS) is 11.1. The minimum Gasteiger partial charge on any atom is -0.355 e. The van der Waals surface area contributed by atoms with Gasteiger partial charge in [-0.25, -0.2) is 12.8 Å². The van der Waals surface area contributed by atoms with Crippen LogP contribution in [-0.4, -0.2) is 33.7 Å². The molecule has 0 atom stereocenters. The average Bonchev–Trinajstić information content (AvgIpc) is 2.33. The SMILES string of the molecule is CCCNC(=O)CN(c1ccccc1F)S(C)(=O)=O. The quantitative estimate of drug-likeness (QED) is 0.853. The third kappa shape index (κ3) is 4.51. The molecule has 1 aromatic carbocycles. The van der Waals surface area contributed by atoms with Crippen molar-refractivity contribution in [2.45, 2.75) is 13.3 Å². The third-order valence-corrected chi connectivity index (χ3v) is 3.51. The number of halogens is 1. The molecule has 106 valence electrons. The number of para-hydroxylation sites is 1. The van der Waals surface area contributed by atoms with Gasteiger partial charge in [0.15, 0.2) is 0 Å². The van der Waals surface area contributed by atoms with E-state index in [-0.39, 0.29) is 5.69 Å². The maximum Gasteiger partial charge on any atom is 0.240 e. The first-order valence-corrected chi connectivity index (χ1v) is 7.70. The van der Waals surface area contributed by atoms with E-state index in [0.29, 0.717) is 6.54 Å². The van der Waals surface area contributed by atoms with Gasteiger partial charge < -0.3 is 5.32 Å². The lowest BCUT2D eigenvalue weighted by molar-refractivity contribution is -0.119. The van der Waals surface area contributed by atoms with E-state index in [1.165, 1.54) is 18.2 Å². The van der Waals surface area contributed by atoms with Gasteiger partial charge in [0.2, 0.25) is 15.9 Å². The molecule has 0 aliphatic rings. The fourth-order valence-corrected chi connectivity index (χ4v) is 2.34. The van der Waals surface area contributed by atoms with E-state index in [1.807, 2.05) is 6.92 Å². The summed E-state index contributed by atoms with van der Waals surface area (Å²) in [4.78, 5) is 11.6. The van der Waals surface area contributed by atoms with Crippen LogP contribution in [-0.2, 0) is 14.8 Å². The summed E-state index contributed by atoms with van der Waals surface area (Å²) in [5, 5.41) is 2.56. The first kappa shape index (κ1) is 15.4. The smallest absolute Gasteiger partial charge is 0.240 e. The predicted molar refractivity (Wildman–Crippen MR) is 71.9 cm³/mol. The van der Waals surface area contributed by atoms with Crippen molar-refractivity contribution >= 4 is 21.6 Å². The molecule has 1 aromatic rings. The van der Waals surface area contributed by atoms with Crippen LogP contribution in [0.4, 0.5) is 10.1 Å². The van der Waals surface area contributed by atoms with Crippen molar-refractivity contribution in [3.63, 3.8) is 0 Å². The van der Waals surface area contributed by atoms with Crippen LogP contribution in [0.3, 0.4) is 0 Å². The van der Waals surface area contributed by atoms with Crippen LogP contribution in [0.5, 0.6) is 0 Å². The second kappa shape index (κ2) is 6.51. The fraction of sp³-hybridized carbons (Fsp3) is 0.417. The second-order valence-corrected chi connectivity index (χ2v) is 5.98. The minimum absolute atomic E-state index is 0.128. The molecule has 1 N–H and O–H groups in total. The van der Waals surface area contributed by atoms with E-state index in [4.69, 9.17) is 0 Å². The van der Waals surface area contributed by atoms with Crippen LogP contribution in [0.15, 0.2) is 24.3 Å². The number of hydrogen-bond donors (Lipinski definition) is 1. The van der Waals surface area contributed by atoms with E-state index >= 15 is 0 Å². The molecule has 0 saturated heterocycles. The van der Waals surface area contributed by atoms with Gasteiger partial charge in [0.1, 0.15) is 12.4 Å². The summed E-state index contributed by atoms with van der Waals surface area (Å²) in [6, 6.07) is 5.44. The summed E-state index contributed by atoms with van der Waals surface area (Å²) in [7, 11) is -3.73. The molecule has 0 saturated carbocycles. The summed E-state index contributed by atoms with van der Waals surface area (Å²) >= 11 is 0. The van der Waals surface area contributed by atoms with Gasteiger partial charge in [-0.2, -0.15) is 0 Å². The zero-order valence-corrected chi connectivity index (χ0v) is 11.7. The molecule has 5 nitrogen and oxygen atoms in total. The highest BCUT2D eigenvalue weighted by atomic mass is 32.2. The lowest BCUT2D eigenvalue weighted by Gasteiger charge is -2.22. The molecule has 0 spiro atoms. The highest BCUT2D eigenvalue weighted by Crippen LogP contribution is 2.20. The van der Waals surface area contributed by atoms with Gasteiger partial charge in [-0.05, 0) is 18.6 Å². The summed E-state index contributed by atoms with van der Waals surface area (Å²) in [5.74, 6) is -1.15. The third-order valence-electron chi connectivity index (χ3n) is 2.38. The number of anilines is 1. The monoisotopic (exact) mass is 288 g/mol. The van der Waals surface area contributed by atoms with Crippen molar-refractivity contribution in [1.82, 2.24) is 5.32 Å². The van der Waals surface area contributed by atoms with Crippen LogP contribution in [0.1, 0.15) is 13.3 Å². The highest BCUT2D eigenvalue weighted by molar-refractivity contribution is 7.92. The Labute approximate surface area is 112 Å². The Hall–Kier alpha value is -1.63. The number of benzene rings is 1. The number of nitrogens with zero attached hydrogens (tertiary/aromatic N) is 1. The molecule has 0 aromatic heterocycles. The van der Waals surface area contributed by atoms with Crippen LogP contribution >= 0.6 is 0 Å². The molecule has 0 aliphatic carbocycles. The van der Waals surface area contributed by atoms with E-state index in [0.717, 1.165) is 23.0 Å². The largest absolute Gasteiger partial charge is 0.355 e. The lowest BCUT2D eigenvalue weighted by Crippen LogP contribution is -2.41. The van der Waals surface area contributed by atoms with Gasteiger partial charge in [-0.15, -0.1) is 0 Å². The first-order valence-electron chi connectivity index (χ1n) is 5.85. The average molecular weight is 288 g/mol. The first-order chi connectivity index (χ1) is 8.86. The Morgan fingerprint density at radius 1 is 1.37 bits per heavy atom. The van der Waals surface area contributed by atoms with Gasteiger partial charge in [-0.1, -0.05) is 19.1 Å². The van der Waals surface area contributed by atoms with Gasteiger partial charge >= 0.3 is 0 Å². The maximum absolute atomic E-state index is 13.6.